The third-order valence-electron chi connectivity index (χ3n) is 13.3. The van der Waals surface area contributed by atoms with Crippen LogP contribution < -0.4 is 4.40 Å². The summed E-state index contributed by atoms with van der Waals surface area (Å²) in [5.41, 5.74) is 19.1. The summed E-state index contributed by atoms with van der Waals surface area (Å²) >= 11 is -2.18. The summed E-state index contributed by atoms with van der Waals surface area (Å²) in [6, 6.07) is 55.2. The molecule has 0 N–H and O–H groups in total. The minimum absolute atomic E-state index is 0. The van der Waals surface area contributed by atoms with Crippen molar-refractivity contribution in [2.45, 2.75) is 64.7 Å². The molecule has 0 amide bonds. The number of furan rings is 2. The van der Waals surface area contributed by atoms with E-state index in [-0.39, 0.29) is 20.1 Å². The fourth-order valence-electron chi connectivity index (χ4n) is 9.96. The number of hydrogen-bond acceptors (Lipinski definition) is 6. The second-order valence-corrected chi connectivity index (χ2v) is 30.3. The molecule has 0 aliphatic carbocycles. The maximum absolute atomic E-state index is 6.55. The monoisotopic (exact) mass is 1170 g/mol. The zero-order valence-electron chi connectivity index (χ0n) is 41.4. The van der Waals surface area contributed by atoms with E-state index in [1.165, 1.54) is 26.6 Å². The predicted octanol–water partition coefficient (Wildman–Crippen LogP) is 15.9. The number of benzene rings is 6. The van der Waals surface area contributed by atoms with Crippen LogP contribution in [0.5, 0.6) is 0 Å². The van der Waals surface area contributed by atoms with Gasteiger partial charge >= 0.3 is 174 Å². The average Bonchev–Trinajstić information content (AvgIpc) is 4.05. The number of aryl methyl sites for hydroxylation is 4. The summed E-state index contributed by atoms with van der Waals surface area (Å²) in [4.78, 5) is 19.4. The normalized spacial score (nSPS) is 11.7. The van der Waals surface area contributed by atoms with Crippen molar-refractivity contribution in [1.82, 2.24) is 24.5 Å². The zero-order valence-corrected chi connectivity index (χ0v) is 45.9. The first-order valence-corrected chi connectivity index (χ1v) is 31.3. The first-order chi connectivity index (χ1) is 33.8. The maximum Gasteiger partial charge on any atom is 0 e. The molecule has 0 saturated carbocycles. The van der Waals surface area contributed by atoms with Crippen LogP contribution in [0.1, 0.15) is 47.8 Å². The molecule has 9 heteroatoms. The van der Waals surface area contributed by atoms with Gasteiger partial charge in [-0.2, -0.15) is 0 Å². The maximum atomic E-state index is 6.55. The largest absolute Gasteiger partial charge is 0 e. The Morgan fingerprint density at radius 1 is 0.620 bits per heavy atom. The van der Waals surface area contributed by atoms with E-state index < -0.39 is 13.3 Å². The van der Waals surface area contributed by atoms with Crippen molar-refractivity contribution in [3.63, 3.8) is 0 Å². The van der Waals surface area contributed by atoms with Crippen molar-refractivity contribution in [2.75, 3.05) is 0 Å². The molecular weight excluding hydrogens is 1110 g/mol. The number of aromatic nitrogens is 5. The number of fused-ring (bicyclic) bond motifs is 7. The van der Waals surface area contributed by atoms with Gasteiger partial charge in [0.1, 0.15) is 0 Å². The van der Waals surface area contributed by atoms with Crippen LogP contribution in [0.2, 0.25) is 17.3 Å². The van der Waals surface area contributed by atoms with Crippen molar-refractivity contribution in [3.8, 4) is 50.6 Å². The van der Waals surface area contributed by atoms with Gasteiger partial charge in [0, 0.05) is 42.6 Å². The zero-order chi connectivity index (χ0) is 48.4. The molecular formula is C62H53GeIrN5O2-2. The van der Waals surface area contributed by atoms with Crippen LogP contribution in [-0.4, -0.2) is 37.8 Å². The van der Waals surface area contributed by atoms with Gasteiger partial charge in [-0.25, -0.2) is 4.98 Å². The molecule has 6 aromatic carbocycles. The van der Waals surface area contributed by atoms with E-state index >= 15 is 0 Å². The Bertz CT molecular complexity index is 3940. The summed E-state index contributed by atoms with van der Waals surface area (Å²) < 4.78 is 16.5. The van der Waals surface area contributed by atoms with Gasteiger partial charge in [-0.3, -0.25) is 9.97 Å². The molecule has 0 aliphatic rings. The Kier molecular flexibility index (Phi) is 12.8. The van der Waals surface area contributed by atoms with Gasteiger partial charge in [-0.05, 0) is 80.3 Å². The molecule has 0 fully saturated rings. The molecule has 71 heavy (non-hydrogen) atoms. The second-order valence-electron chi connectivity index (χ2n) is 19.7. The fourth-order valence-corrected chi connectivity index (χ4v) is 13.0. The Balaban J connectivity index is 0.000000171. The average molecular weight is 1160 g/mol. The van der Waals surface area contributed by atoms with Gasteiger partial charge in [0.05, 0.1) is 28.6 Å². The van der Waals surface area contributed by atoms with Crippen LogP contribution in [0.15, 0.2) is 161 Å². The summed E-state index contributed by atoms with van der Waals surface area (Å²) in [6.45, 7) is 12.7. The predicted molar refractivity (Wildman–Crippen MR) is 291 cm³/mol. The van der Waals surface area contributed by atoms with Crippen molar-refractivity contribution < 1.29 is 28.9 Å². The van der Waals surface area contributed by atoms with Gasteiger partial charge in [0.15, 0.2) is 0 Å². The van der Waals surface area contributed by atoms with E-state index in [9.17, 15) is 0 Å². The van der Waals surface area contributed by atoms with Gasteiger partial charge in [0.25, 0.3) is 0 Å². The number of nitrogens with zero attached hydrogens (tertiary/aromatic N) is 5. The first kappa shape index (κ1) is 47.7. The molecule has 0 unspecified atom stereocenters. The molecule has 12 rings (SSSR count). The number of imidazole rings is 1. The molecule has 1 radical (unpaired) electrons. The smallest absolute Gasteiger partial charge is 0 e. The summed E-state index contributed by atoms with van der Waals surface area (Å²) in [6.07, 6.45) is 4.02. The molecule has 0 aliphatic heterocycles. The molecule has 0 bridgehead atoms. The minimum atomic E-state index is -2.18. The summed E-state index contributed by atoms with van der Waals surface area (Å²) in [5.74, 6) is 8.31. The molecule has 7 nitrogen and oxygen atoms in total. The van der Waals surface area contributed by atoms with E-state index in [4.69, 9.17) is 23.8 Å². The number of rotatable bonds is 7. The van der Waals surface area contributed by atoms with Crippen LogP contribution in [0.3, 0.4) is 0 Å². The molecule has 12 aromatic rings. The quantitative estimate of drug-likeness (QED) is 0.117. The van der Waals surface area contributed by atoms with E-state index in [0.29, 0.717) is 11.6 Å². The van der Waals surface area contributed by atoms with Gasteiger partial charge < -0.3 is 8.98 Å². The van der Waals surface area contributed by atoms with Crippen LogP contribution in [0, 0.1) is 39.8 Å². The standard InChI is InChI=1S/C36H31N4O.C26H22GeNO.Ir/c1-20(2)27-14-15-29(34-32(27)28-13-12-23(5)38-36(28)41-34)35-39-30-18-24(6)37-19-31(30)40(35)33-21(3)16-26(17-22(33)4)25-10-8-7-9-11-25;1-27(2,3)23-17-28-24(18-10-5-4-6-11-18)16-22(23)21-14-9-13-20-19-12-7-8-15-25(19)29-26(20)21;/h7-14,16-20H,1-6H3;4-10,12-17H,1-3H3;/q2*-1;. The topological polar surface area (TPSA) is 82.8 Å². The van der Waals surface area contributed by atoms with E-state index in [1.807, 2.05) is 68.6 Å². The Morgan fingerprint density at radius 3 is 2.11 bits per heavy atom. The van der Waals surface area contributed by atoms with Crippen molar-refractivity contribution in [3.05, 3.63) is 192 Å². The van der Waals surface area contributed by atoms with Gasteiger partial charge in [0.2, 0.25) is 5.71 Å². The third kappa shape index (κ3) is 8.73. The van der Waals surface area contributed by atoms with E-state index in [2.05, 4.69) is 164 Å². The summed E-state index contributed by atoms with van der Waals surface area (Å²) in [5, 5.41) is 4.42. The molecule has 0 saturated heterocycles. The molecule has 0 spiro atoms. The number of pyridine rings is 3. The number of hydrogen-bond donors (Lipinski definition) is 0. The van der Waals surface area contributed by atoms with Crippen molar-refractivity contribution in [2.24, 2.45) is 0 Å². The third-order valence-corrected chi connectivity index (χ3v) is 17.5. The SMILES string of the molecule is Cc1cc2nc(-c3[c-]cc(C(C)C)c4c3oc3nc(C)ccc34)n(-c3c(C)cc(-c4ccccc4)cc3C)c2cn1.[CH3][Ge]([CH3])([CH3])[c]1cnc(-c2[c-]cccc2)cc1-c1cccc2c1oc1ccccc12.[Ir]. The van der Waals surface area contributed by atoms with E-state index in [0.717, 1.165) is 106 Å². The summed E-state index contributed by atoms with van der Waals surface area (Å²) in [7, 11) is 0. The molecule has 0 atom stereocenters. The van der Waals surface area contributed by atoms with Crippen LogP contribution in [-0.2, 0) is 20.1 Å². The number of para-hydroxylation sites is 2. The minimum Gasteiger partial charge on any atom is 0 e. The second kappa shape index (κ2) is 19.0. The Morgan fingerprint density at radius 2 is 1.37 bits per heavy atom. The fraction of sp³-hybridized carbons (Fsp3) is 0.161. The van der Waals surface area contributed by atoms with E-state index in [1.54, 1.807) is 0 Å². The van der Waals surface area contributed by atoms with Gasteiger partial charge in [-0.1, -0.05) is 61.0 Å². The van der Waals surface area contributed by atoms with Crippen LogP contribution in [0.4, 0.5) is 0 Å². The van der Waals surface area contributed by atoms with Crippen LogP contribution in [0.25, 0.3) is 106 Å². The molecule has 6 aromatic heterocycles. The van der Waals surface area contributed by atoms with Crippen molar-refractivity contribution >= 4 is 72.7 Å². The molecule has 6 heterocycles. The molecule has 353 valence electrons. The Hall–Kier alpha value is -6.97. The van der Waals surface area contributed by atoms with Crippen LogP contribution >= 0.6 is 0 Å². The van der Waals surface area contributed by atoms with Crippen molar-refractivity contribution in [1.29, 1.82) is 0 Å². The first-order valence-electron chi connectivity index (χ1n) is 24.0. The Labute approximate surface area is 430 Å². The van der Waals surface area contributed by atoms with Gasteiger partial charge in [-0.15, -0.1) is 17.7 Å².